The number of anilines is 1. The lowest BCUT2D eigenvalue weighted by molar-refractivity contribution is 0.173. The molecule has 2 atom stereocenters. The van der Waals surface area contributed by atoms with E-state index in [-0.39, 0.29) is 6.10 Å². The Labute approximate surface area is 132 Å². The predicted molar refractivity (Wildman–Crippen MR) is 86.1 cm³/mol. The third-order valence-electron chi connectivity index (χ3n) is 5.62. The van der Waals surface area contributed by atoms with Gasteiger partial charge in [0.2, 0.25) is 0 Å². The Balaban J connectivity index is 1.48. The van der Waals surface area contributed by atoms with Gasteiger partial charge in [-0.2, -0.15) is 0 Å². The first-order valence-electron chi connectivity index (χ1n) is 8.78. The number of aliphatic hydroxyl groups excluding tert-OH is 1. The van der Waals surface area contributed by atoms with E-state index in [9.17, 15) is 5.11 Å². The molecular formula is C17H26N4O. The second-order valence-electron chi connectivity index (χ2n) is 7.12. The Morgan fingerprint density at radius 2 is 1.91 bits per heavy atom. The van der Waals surface area contributed by atoms with Crippen LogP contribution in [0.1, 0.15) is 50.1 Å². The number of rotatable bonds is 2. The molecule has 5 nitrogen and oxygen atoms in total. The molecule has 3 fully saturated rings. The van der Waals surface area contributed by atoms with Crippen molar-refractivity contribution < 1.29 is 5.11 Å². The molecule has 1 N–H and O–H groups in total. The number of hydrogen-bond donors (Lipinski definition) is 1. The van der Waals surface area contributed by atoms with Crippen molar-refractivity contribution in [2.75, 3.05) is 31.1 Å². The monoisotopic (exact) mass is 302 g/mol. The van der Waals surface area contributed by atoms with Gasteiger partial charge in [0.25, 0.3) is 0 Å². The summed E-state index contributed by atoms with van der Waals surface area (Å²) in [7, 11) is 0. The lowest BCUT2D eigenvalue weighted by atomic mass is 9.87. The first-order valence-corrected chi connectivity index (χ1v) is 8.78. The maximum atomic E-state index is 9.85. The lowest BCUT2D eigenvalue weighted by Gasteiger charge is -2.38. The Morgan fingerprint density at radius 1 is 1.05 bits per heavy atom. The van der Waals surface area contributed by atoms with E-state index in [1.807, 2.05) is 0 Å². The summed E-state index contributed by atoms with van der Waals surface area (Å²) in [6, 6.07) is 2.70. The van der Waals surface area contributed by atoms with Gasteiger partial charge in [-0.3, -0.25) is 4.90 Å². The van der Waals surface area contributed by atoms with Crippen LogP contribution < -0.4 is 4.90 Å². The zero-order valence-electron chi connectivity index (χ0n) is 13.2. The van der Waals surface area contributed by atoms with E-state index < -0.39 is 0 Å². The van der Waals surface area contributed by atoms with Crippen molar-refractivity contribution in [2.45, 2.75) is 56.6 Å². The zero-order chi connectivity index (χ0) is 14.9. The van der Waals surface area contributed by atoms with Gasteiger partial charge in [-0.1, -0.05) is 19.3 Å². The SMILES string of the molecule is O[C@@H]1C[C@H]2CN(c3cc(C4CCCCC4)ncn3)CCN2C1. The van der Waals surface area contributed by atoms with Crippen LogP contribution in [-0.2, 0) is 0 Å². The van der Waals surface area contributed by atoms with Gasteiger partial charge in [0.05, 0.1) is 6.10 Å². The van der Waals surface area contributed by atoms with Crippen LogP contribution in [0.3, 0.4) is 0 Å². The van der Waals surface area contributed by atoms with Crippen molar-refractivity contribution in [1.29, 1.82) is 0 Å². The zero-order valence-corrected chi connectivity index (χ0v) is 13.2. The van der Waals surface area contributed by atoms with Crippen LogP contribution in [-0.4, -0.2) is 58.3 Å². The van der Waals surface area contributed by atoms with E-state index in [0.717, 1.165) is 38.4 Å². The fraction of sp³-hybridized carbons (Fsp3) is 0.765. The number of aromatic nitrogens is 2. The summed E-state index contributed by atoms with van der Waals surface area (Å²) in [5.41, 5.74) is 1.23. The predicted octanol–water partition coefficient (Wildman–Crippen LogP) is 1.78. The number of aliphatic hydroxyl groups is 1. The Bertz CT molecular complexity index is 517. The molecule has 5 heteroatoms. The van der Waals surface area contributed by atoms with Gasteiger partial charge >= 0.3 is 0 Å². The fourth-order valence-electron chi connectivity index (χ4n) is 4.38. The molecule has 1 saturated carbocycles. The number of fused-ring (bicyclic) bond motifs is 1. The highest BCUT2D eigenvalue weighted by Gasteiger charge is 2.35. The average Bonchev–Trinajstić information content (AvgIpc) is 2.95. The Kier molecular flexibility index (Phi) is 4.01. The second-order valence-corrected chi connectivity index (χ2v) is 7.12. The van der Waals surface area contributed by atoms with E-state index in [4.69, 9.17) is 0 Å². The normalized spacial score (nSPS) is 30.5. The van der Waals surface area contributed by atoms with Gasteiger partial charge in [-0.05, 0) is 19.3 Å². The molecule has 0 bridgehead atoms. The average molecular weight is 302 g/mol. The molecule has 22 heavy (non-hydrogen) atoms. The van der Waals surface area contributed by atoms with Crippen molar-refractivity contribution in [2.24, 2.45) is 0 Å². The number of piperazine rings is 1. The van der Waals surface area contributed by atoms with Crippen LogP contribution in [0, 0.1) is 0 Å². The van der Waals surface area contributed by atoms with Gasteiger partial charge in [0.15, 0.2) is 0 Å². The number of hydrogen-bond acceptors (Lipinski definition) is 5. The molecule has 3 heterocycles. The highest BCUT2D eigenvalue weighted by molar-refractivity contribution is 5.41. The molecule has 2 saturated heterocycles. The van der Waals surface area contributed by atoms with Gasteiger partial charge in [0.1, 0.15) is 12.1 Å². The molecule has 1 aromatic rings. The smallest absolute Gasteiger partial charge is 0.132 e. The van der Waals surface area contributed by atoms with Gasteiger partial charge in [-0.15, -0.1) is 0 Å². The minimum Gasteiger partial charge on any atom is -0.392 e. The lowest BCUT2D eigenvalue weighted by Crippen LogP contribution is -2.50. The van der Waals surface area contributed by atoms with Crippen LogP contribution in [0.25, 0.3) is 0 Å². The third kappa shape index (κ3) is 2.84. The molecule has 3 aliphatic rings. The van der Waals surface area contributed by atoms with Crippen LogP contribution in [0.15, 0.2) is 12.4 Å². The number of nitrogens with zero attached hydrogens (tertiary/aromatic N) is 4. The summed E-state index contributed by atoms with van der Waals surface area (Å²) in [6.45, 7) is 3.86. The third-order valence-corrected chi connectivity index (χ3v) is 5.62. The van der Waals surface area contributed by atoms with E-state index >= 15 is 0 Å². The maximum Gasteiger partial charge on any atom is 0.132 e. The molecule has 4 rings (SSSR count). The van der Waals surface area contributed by atoms with Gasteiger partial charge in [0, 0.05) is 49.9 Å². The van der Waals surface area contributed by atoms with Crippen molar-refractivity contribution >= 4 is 5.82 Å². The van der Waals surface area contributed by atoms with Crippen molar-refractivity contribution in [3.63, 3.8) is 0 Å². The van der Waals surface area contributed by atoms with E-state index in [1.54, 1.807) is 6.33 Å². The molecule has 2 aliphatic heterocycles. The highest BCUT2D eigenvalue weighted by Crippen LogP contribution is 2.33. The first kappa shape index (κ1) is 14.4. The Hall–Kier alpha value is -1.20. The van der Waals surface area contributed by atoms with Crippen molar-refractivity contribution in [3.05, 3.63) is 18.1 Å². The summed E-state index contributed by atoms with van der Waals surface area (Å²) in [4.78, 5) is 13.9. The molecule has 0 aromatic carbocycles. The molecule has 0 amide bonds. The molecule has 120 valence electrons. The van der Waals surface area contributed by atoms with E-state index in [1.165, 1.54) is 37.8 Å². The van der Waals surface area contributed by atoms with Crippen LogP contribution in [0.5, 0.6) is 0 Å². The van der Waals surface area contributed by atoms with Gasteiger partial charge < -0.3 is 10.0 Å². The summed E-state index contributed by atoms with van der Waals surface area (Å²) < 4.78 is 0. The molecule has 0 spiro atoms. The molecule has 1 aliphatic carbocycles. The topological polar surface area (TPSA) is 52.5 Å². The minimum absolute atomic E-state index is 0.145. The van der Waals surface area contributed by atoms with E-state index in [0.29, 0.717) is 12.0 Å². The molecular weight excluding hydrogens is 276 g/mol. The second kappa shape index (κ2) is 6.13. The standard InChI is InChI=1S/C17H26N4O/c22-15-8-14-10-21(7-6-20(14)11-15)17-9-16(18-12-19-17)13-4-2-1-3-5-13/h9,12-15,22H,1-8,10-11H2/t14-,15+/m0/s1. The molecule has 0 radical (unpaired) electrons. The van der Waals surface area contributed by atoms with E-state index in [2.05, 4.69) is 25.8 Å². The van der Waals surface area contributed by atoms with Crippen LogP contribution in [0.4, 0.5) is 5.82 Å². The molecule has 1 aromatic heterocycles. The minimum atomic E-state index is -0.145. The van der Waals surface area contributed by atoms with Crippen molar-refractivity contribution in [1.82, 2.24) is 14.9 Å². The van der Waals surface area contributed by atoms with Crippen molar-refractivity contribution in [3.8, 4) is 0 Å². The van der Waals surface area contributed by atoms with Crippen LogP contribution >= 0.6 is 0 Å². The fourth-order valence-corrected chi connectivity index (χ4v) is 4.38. The summed E-state index contributed by atoms with van der Waals surface area (Å²) in [5.74, 6) is 1.71. The summed E-state index contributed by atoms with van der Waals surface area (Å²) in [5, 5.41) is 9.85. The summed E-state index contributed by atoms with van der Waals surface area (Å²) >= 11 is 0. The highest BCUT2D eigenvalue weighted by atomic mass is 16.3. The quantitative estimate of drug-likeness (QED) is 0.902. The van der Waals surface area contributed by atoms with Gasteiger partial charge in [-0.25, -0.2) is 9.97 Å². The molecule has 0 unspecified atom stereocenters. The van der Waals surface area contributed by atoms with Crippen LogP contribution in [0.2, 0.25) is 0 Å². The summed E-state index contributed by atoms with van der Waals surface area (Å²) in [6.07, 6.45) is 9.10. The first-order chi connectivity index (χ1) is 10.8. The Morgan fingerprint density at radius 3 is 2.77 bits per heavy atom. The largest absolute Gasteiger partial charge is 0.392 e. The maximum absolute atomic E-state index is 9.85.